The number of aromatic nitrogens is 1. The Bertz CT molecular complexity index is 595. The molecule has 1 fully saturated rings. The molecule has 2 aromatic rings. The van der Waals surface area contributed by atoms with Crippen LogP contribution in [0.4, 0.5) is 0 Å². The smallest absolute Gasteiger partial charge is 0.197 e. The van der Waals surface area contributed by atoms with Crippen LogP contribution in [0.1, 0.15) is 44.1 Å². The van der Waals surface area contributed by atoms with Crippen molar-refractivity contribution in [2.75, 3.05) is 26.3 Å². The van der Waals surface area contributed by atoms with Gasteiger partial charge < -0.3 is 13.9 Å². The van der Waals surface area contributed by atoms with Crippen LogP contribution in [0, 0.1) is 0 Å². The van der Waals surface area contributed by atoms with Crippen molar-refractivity contribution in [3.63, 3.8) is 0 Å². The van der Waals surface area contributed by atoms with Gasteiger partial charge in [-0.05, 0) is 57.5 Å². The van der Waals surface area contributed by atoms with Crippen LogP contribution in [-0.4, -0.2) is 36.2 Å². The van der Waals surface area contributed by atoms with Crippen LogP contribution < -0.4 is 9.47 Å². The van der Waals surface area contributed by atoms with Crippen LogP contribution in [0.3, 0.4) is 0 Å². The van der Waals surface area contributed by atoms with Crippen LogP contribution in [0.2, 0.25) is 0 Å². The minimum atomic E-state index is 0.449. The highest BCUT2D eigenvalue weighted by molar-refractivity contribution is 5.38. The molecular formula is C19H26N2O3. The van der Waals surface area contributed by atoms with Crippen molar-refractivity contribution in [3.05, 3.63) is 42.1 Å². The van der Waals surface area contributed by atoms with Gasteiger partial charge in [-0.3, -0.25) is 4.90 Å². The first kappa shape index (κ1) is 16.8. The molecule has 5 nitrogen and oxygen atoms in total. The van der Waals surface area contributed by atoms with Crippen molar-refractivity contribution in [1.82, 2.24) is 9.88 Å². The molecule has 0 atom stereocenters. The zero-order valence-corrected chi connectivity index (χ0v) is 14.5. The topological polar surface area (TPSA) is 47.7 Å². The third-order valence-corrected chi connectivity index (χ3v) is 4.36. The SMILES string of the molecule is CCOc1cc(CN2CCC(c3ncco3)CC2)cc(OCC)c1. The molecule has 0 bridgehead atoms. The van der Waals surface area contributed by atoms with Gasteiger partial charge in [0.25, 0.3) is 0 Å². The second-order valence-corrected chi connectivity index (χ2v) is 6.10. The van der Waals surface area contributed by atoms with Gasteiger partial charge in [-0.15, -0.1) is 0 Å². The van der Waals surface area contributed by atoms with Crippen molar-refractivity contribution in [2.45, 2.75) is 39.2 Å². The lowest BCUT2D eigenvalue weighted by atomic mass is 9.96. The van der Waals surface area contributed by atoms with E-state index in [1.165, 1.54) is 5.56 Å². The fourth-order valence-electron chi connectivity index (χ4n) is 3.25. The summed E-state index contributed by atoms with van der Waals surface area (Å²) in [6.45, 7) is 8.35. The summed E-state index contributed by atoms with van der Waals surface area (Å²) in [5.74, 6) is 3.10. The molecule has 24 heavy (non-hydrogen) atoms. The zero-order valence-electron chi connectivity index (χ0n) is 14.5. The molecule has 0 N–H and O–H groups in total. The molecule has 0 aliphatic carbocycles. The number of likely N-dealkylation sites (tertiary alicyclic amines) is 1. The van der Waals surface area contributed by atoms with Crippen LogP contribution in [-0.2, 0) is 6.54 Å². The highest BCUT2D eigenvalue weighted by atomic mass is 16.5. The molecule has 2 heterocycles. The van der Waals surface area contributed by atoms with E-state index in [0.717, 1.165) is 49.9 Å². The van der Waals surface area contributed by atoms with E-state index in [-0.39, 0.29) is 0 Å². The molecule has 1 aliphatic rings. The normalized spacial score (nSPS) is 16.2. The lowest BCUT2D eigenvalue weighted by Gasteiger charge is -2.30. The maximum Gasteiger partial charge on any atom is 0.197 e. The quantitative estimate of drug-likeness (QED) is 0.771. The average Bonchev–Trinajstić information content (AvgIpc) is 3.10. The Morgan fingerprint density at radius 1 is 1.08 bits per heavy atom. The Labute approximate surface area is 143 Å². The molecule has 3 rings (SSSR count). The van der Waals surface area contributed by atoms with E-state index >= 15 is 0 Å². The summed E-state index contributed by atoms with van der Waals surface area (Å²) in [7, 11) is 0. The van der Waals surface area contributed by atoms with Gasteiger partial charge in [0.1, 0.15) is 17.8 Å². The predicted octanol–water partition coefficient (Wildman–Crippen LogP) is 3.85. The van der Waals surface area contributed by atoms with Gasteiger partial charge in [0.2, 0.25) is 0 Å². The molecule has 5 heteroatoms. The molecule has 0 spiro atoms. The third kappa shape index (κ3) is 4.29. The van der Waals surface area contributed by atoms with Gasteiger partial charge in [-0.2, -0.15) is 0 Å². The Morgan fingerprint density at radius 3 is 2.29 bits per heavy atom. The van der Waals surface area contributed by atoms with E-state index in [1.807, 2.05) is 19.9 Å². The van der Waals surface area contributed by atoms with Gasteiger partial charge in [0, 0.05) is 18.5 Å². The molecular weight excluding hydrogens is 304 g/mol. The highest BCUT2D eigenvalue weighted by Crippen LogP contribution is 2.29. The van der Waals surface area contributed by atoms with Gasteiger partial charge in [-0.1, -0.05) is 0 Å². The van der Waals surface area contributed by atoms with Crippen molar-refractivity contribution in [2.24, 2.45) is 0 Å². The second kappa shape index (κ2) is 8.20. The lowest BCUT2D eigenvalue weighted by molar-refractivity contribution is 0.192. The van der Waals surface area contributed by atoms with E-state index in [1.54, 1.807) is 12.5 Å². The molecule has 1 aromatic carbocycles. The number of nitrogens with zero attached hydrogens (tertiary/aromatic N) is 2. The number of piperidine rings is 1. The molecule has 1 aliphatic heterocycles. The summed E-state index contributed by atoms with van der Waals surface area (Å²) >= 11 is 0. The summed E-state index contributed by atoms with van der Waals surface area (Å²) < 4.78 is 16.8. The minimum absolute atomic E-state index is 0.449. The maximum atomic E-state index is 5.67. The van der Waals surface area contributed by atoms with E-state index in [2.05, 4.69) is 22.0 Å². The molecule has 0 saturated carbocycles. The standard InChI is InChI=1S/C19H26N2O3/c1-3-22-17-11-15(12-18(13-17)23-4-2)14-21-8-5-16(6-9-21)19-20-7-10-24-19/h7,10-13,16H,3-6,8-9,14H2,1-2H3. The number of oxazole rings is 1. The Balaban J connectivity index is 1.61. The van der Waals surface area contributed by atoms with Crippen LogP contribution in [0.25, 0.3) is 0 Å². The molecule has 0 unspecified atom stereocenters. The van der Waals surface area contributed by atoms with Crippen LogP contribution >= 0.6 is 0 Å². The van der Waals surface area contributed by atoms with Gasteiger partial charge in [0.05, 0.1) is 19.4 Å². The van der Waals surface area contributed by atoms with Gasteiger partial charge in [-0.25, -0.2) is 4.98 Å². The number of rotatable bonds is 7. The fraction of sp³-hybridized carbons (Fsp3) is 0.526. The van der Waals surface area contributed by atoms with Crippen molar-refractivity contribution < 1.29 is 13.9 Å². The van der Waals surface area contributed by atoms with E-state index in [9.17, 15) is 0 Å². The van der Waals surface area contributed by atoms with Gasteiger partial charge in [0.15, 0.2) is 5.89 Å². The fourth-order valence-corrected chi connectivity index (χ4v) is 3.25. The molecule has 130 valence electrons. The summed E-state index contributed by atoms with van der Waals surface area (Å²) in [5.41, 5.74) is 1.24. The number of hydrogen-bond donors (Lipinski definition) is 0. The van der Waals surface area contributed by atoms with E-state index in [0.29, 0.717) is 19.1 Å². The maximum absolute atomic E-state index is 5.67. The Morgan fingerprint density at radius 2 is 1.75 bits per heavy atom. The highest BCUT2D eigenvalue weighted by Gasteiger charge is 2.23. The van der Waals surface area contributed by atoms with E-state index in [4.69, 9.17) is 13.9 Å². The van der Waals surface area contributed by atoms with Crippen LogP contribution in [0.15, 0.2) is 35.1 Å². The minimum Gasteiger partial charge on any atom is -0.494 e. The summed E-state index contributed by atoms with van der Waals surface area (Å²) in [5, 5.41) is 0. The second-order valence-electron chi connectivity index (χ2n) is 6.10. The first-order valence-electron chi connectivity index (χ1n) is 8.79. The van der Waals surface area contributed by atoms with E-state index < -0.39 is 0 Å². The Kier molecular flexibility index (Phi) is 5.75. The summed E-state index contributed by atoms with van der Waals surface area (Å²) in [6.07, 6.45) is 5.57. The van der Waals surface area contributed by atoms with Gasteiger partial charge >= 0.3 is 0 Å². The predicted molar refractivity (Wildman–Crippen MR) is 92.5 cm³/mol. The molecule has 0 amide bonds. The van der Waals surface area contributed by atoms with Crippen molar-refractivity contribution in [3.8, 4) is 11.5 Å². The molecule has 0 radical (unpaired) electrons. The first-order valence-corrected chi connectivity index (χ1v) is 8.79. The number of ether oxygens (including phenoxy) is 2. The average molecular weight is 330 g/mol. The monoisotopic (exact) mass is 330 g/mol. The van der Waals surface area contributed by atoms with Crippen molar-refractivity contribution >= 4 is 0 Å². The third-order valence-electron chi connectivity index (χ3n) is 4.36. The number of benzene rings is 1. The van der Waals surface area contributed by atoms with Crippen molar-refractivity contribution in [1.29, 1.82) is 0 Å². The lowest BCUT2D eigenvalue weighted by Crippen LogP contribution is -2.32. The summed E-state index contributed by atoms with van der Waals surface area (Å²) in [6, 6.07) is 6.20. The largest absolute Gasteiger partial charge is 0.494 e. The first-order chi connectivity index (χ1) is 11.8. The zero-order chi connectivity index (χ0) is 16.8. The Hall–Kier alpha value is -2.01. The molecule has 1 aromatic heterocycles. The van der Waals surface area contributed by atoms with Crippen LogP contribution in [0.5, 0.6) is 11.5 Å². The molecule has 1 saturated heterocycles. The summed E-state index contributed by atoms with van der Waals surface area (Å²) in [4.78, 5) is 6.77. The number of hydrogen-bond acceptors (Lipinski definition) is 5.